The number of hydrogen-bond acceptors (Lipinski definition) is 4. The first-order chi connectivity index (χ1) is 9.81. The quantitative estimate of drug-likeness (QED) is 0.486. The largest absolute Gasteiger partial charge is 0.462 e. The standard InChI is InChI=1S/C15H19N3O2Si/c1-6-20-15(19)13-10-16-18-11(2)9-12(17-14(13)18)7-8-21(3,4)5/h9-10H,6H2,1-5H3. The maximum absolute atomic E-state index is 11.9. The van der Waals surface area contributed by atoms with Crippen LogP contribution in [-0.4, -0.2) is 35.2 Å². The topological polar surface area (TPSA) is 56.5 Å². The van der Waals surface area contributed by atoms with Gasteiger partial charge >= 0.3 is 5.97 Å². The van der Waals surface area contributed by atoms with Crippen LogP contribution in [0.1, 0.15) is 28.7 Å². The van der Waals surface area contributed by atoms with Gasteiger partial charge in [-0.05, 0) is 19.9 Å². The van der Waals surface area contributed by atoms with Crippen molar-refractivity contribution in [2.45, 2.75) is 33.5 Å². The Labute approximate surface area is 125 Å². The van der Waals surface area contributed by atoms with E-state index in [1.165, 1.54) is 6.20 Å². The van der Waals surface area contributed by atoms with Crippen molar-refractivity contribution in [3.05, 3.63) is 29.2 Å². The van der Waals surface area contributed by atoms with Gasteiger partial charge in [-0.25, -0.2) is 14.3 Å². The second-order valence-electron chi connectivity index (χ2n) is 5.80. The van der Waals surface area contributed by atoms with E-state index in [2.05, 4.69) is 41.2 Å². The smallest absolute Gasteiger partial charge is 0.343 e. The number of nitrogens with zero attached hydrogens (tertiary/aromatic N) is 3. The number of esters is 1. The van der Waals surface area contributed by atoms with Gasteiger partial charge in [0.25, 0.3) is 0 Å². The van der Waals surface area contributed by atoms with E-state index in [1.54, 1.807) is 11.4 Å². The van der Waals surface area contributed by atoms with Crippen LogP contribution in [0.5, 0.6) is 0 Å². The van der Waals surface area contributed by atoms with E-state index in [4.69, 9.17) is 4.74 Å². The molecule has 0 saturated carbocycles. The highest BCUT2D eigenvalue weighted by Gasteiger charge is 2.16. The molecule has 0 spiro atoms. The molecule has 21 heavy (non-hydrogen) atoms. The Kier molecular flexibility index (Phi) is 4.14. The van der Waals surface area contributed by atoms with Gasteiger partial charge in [0.15, 0.2) is 5.65 Å². The van der Waals surface area contributed by atoms with Crippen LogP contribution < -0.4 is 0 Å². The van der Waals surface area contributed by atoms with E-state index in [9.17, 15) is 4.79 Å². The van der Waals surface area contributed by atoms with Crippen molar-refractivity contribution < 1.29 is 9.53 Å². The molecule has 0 amide bonds. The Bertz CT molecular complexity index is 748. The summed E-state index contributed by atoms with van der Waals surface area (Å²) in [5, 5.41) is 4.19. The van der Waals surface area contributed by atoms with Crippen molar-refractivity contribution in [3.63, 3.8) is 0 Å². The van der Waals surface area contributed by atoms with Gasteiger partial charge in [-0.1, -0.05) is 25.6 Å². The molecule has 2 rings (SSSR count). The third-order valence-corrected chi connectivity index (χ3v) is 3.59. The molecule has 0 aliphatic heterocycles. The number of ether oxygens (including phenoxy) is 1. The van der Waals surface area contributed by atoms with Gasteiger partial charge in [-0.15, -0.1) is 5.54 Å². The lowest BCUT2D eigenvalue weighted by molar-refractivity contribution is 0.0528. The normalized spacial score (nSPS) is 11.1. The molecule has 0 fully saturated rings. The number of aromatic nitrogens is 3. The van der Waals surface area contributed by atoms with Crippen molar-refractivity contribution in [3.8, 4) is 11.5 Å². The van der Waals surface area contributed by atoms with Gasteiger partial charge in [-0.2, -0.15) is 5.10 Å². The lowest BCUT2D eigenvalue weighted by Crippen LogP contribution is -2.16. The summed E-state index contributed by atoms with van der Waals surface area (Å²) in [7, 11) is -1.47. The van der Waals surface area contributed by atoms with Crippen LogP contribution in [0.4, 0.5) is 0 Å². The maximum atomic E-state index is 11.9. The molecule has 0 aromatic carbocycles. The molecule has 0 atom stereocenters. The van der Waals surface area contributed by atoms with Crippen LogP contribution in [-0.2, 0) is 4.74 Å². The Balaban J connectivity index is 2.54. The van der Waals surface area contributed by atoms with Crippen molar-refractivity contribution in [1.29, 1.82) is 0 Å². The molecular weight excluding hydrogens is 282 g/mol. The molecule has 0 radical (unpaired) electrons. The van der Waals surface area contributed by atoms with Crippen LogP contribution in [0.2, 0.25) is 19.6 Å². The average Bonchev–Trinajstić information content (AvgIpc) is 2.80. The zero-order valence-corrected chi connectivity index (χ0v) is 14.0. The third kappa shape index (κ3) is 3.50. The van der Waals surface area contributed by atoms with Crippen molar-refractivity contribution in [1.82, 2.24) is 14.6 Å². The number of fused-ring (bicyclic) bond motifs is 1. The van der Waals surface area contributed by atoms with Crippen molar-refractivity contribution in [2.24, 2.45) is 0 Å². The summed E-state index contributed by atoms with van der Waals surface area (Å²) in [4.78, 5) is 16.4. The predicted molar refractivity (Wildman–Crippen MR) is 83.9 cm³/mol. The number of rotatable bonds is 2. The van der Waals surface area contributed by atoms with Crippen molar-refractivity contribution in [2.75, 3.05) is 6.61 Å². The first-order valence-electron chi connectivity index (χ1n) is 6.87. The lowest BCUT2D eigenvalue weighted by atomic mass is 10.3. The Morgan fingerprint density at radius 3 is 2.76 bits per heavy atom. The van der Waals surface area contributed by atoms with Gasteiger partial charge in [0.1, 0.15) is 19.3 Å². The third-order valence-electron chi connectivity index (χ3n) is 2.71. The van der Waals surface area contributed by atoms with Crippen LogP contribution >= 0.6 is 0 Å². The van der Waals surface area contributed by atoms with Gasteiger partial charge in [0.05, 0.1) is 12.8 Å². The van der Waals surface area contributed by atoms with E-state index in [-0.39, 0.29) is 0 Å². The first-order valence-corrected chi connectivity index (χ1v) is 10.4. The van der Waals surface area contributed by atoms with E-state index in [0.717, 1.165) is 5.69 Å². The van der Waals surface area contributed by atoms with Gasteiger partial charge < -0.3 is 4.74 Å². The molecule has 0 aliphatic carbocycles. The summed E-state index contributed by atoms with van der Waals surface area (Å²) < 4.78 is 6.66. The summed E-state index contributed by atoms with van der Waals surface area (Å²) >= 11 is 0. The molecule has 0 aliphatic rings. The highest BCUT2D eigenvalue weighted by atomic mass is 28.3. The minimum Gasteiger partial charge on any atom is -0.462 e. The Morgan fingerprint density at radius 1 is 1.43 bits per heavy atom. The number of aryl methyl sites for hydroxylation is 1. The summed E-state index contributed by atoms with van der Waals surface area (Å²) in [5.74, 6) is 2.71. The zero-order chi connectivity index (χ0) is 15.6. The van der Waals surface area contributed by atoms with Crippen LogP contribution in [0.25, 0.3) is 5.65 Å². The van der Waals surface area contributed by atoms with Crippen LogP contribution in [0.3, 0.4) is 0 Å². The molecule has 2 aromatic heterocycles. The average molecular weight is 301 g/mol. The number of hydrogen-bond donors (Lipinski definition) is 0. The highest BCUT2D eigenvalue weighted by Crippen LogP contribution is 2.13. The van der Waals surface area contributed by atoms with E-state index < -0.39 is 14.0 Å². The molecule has 0 N–H and O–H groups in total. The van der Waals surface area contributed by atoms with Crippen LogP contribution in [0, 0.1) is 18.4 Å². The molecular formula is C15H19N3O2Si. The molecule has 6 heteroatoms. The van der Waals surface area contributed by atoms with Crippen molar-refractivity contribution >= 4 is 19.7 Å². The second kappa shape index (κ2) is 5.70. The molecule has 0 unspecified atom stereocenters. The number of carbonyl (C=O) groups is 1. The lowest BCUT2D eigenvalue weighted by Gasteiger charge is -2.04. The minimum absolute atomic E-state index is 0.324. The van der Waals surface area contributed by atoms with E-state index in [1.807, 2.05) is 13.0 Å². The fourth-order valence-corrected chi connectivity index (χ4v) is 2.28. The van der Waals surface area contributed by atoms with Gasteiger partial charge in [0, 0.05) is 5.69 Å². The second-order valence-corrected chi connectivity index (χ2v) is 10.5. The number of carbonyl (C=O) groups excluding carboxylic acids is 1. The van der Waals surface area contributed by atoms with Gasteiger partial charge in [0.2, 0.25) is 0 Å². The SMILES string of the molecule is CCOC(=O)c1cnn2c(C)cc(C#C[Si](C)(C)C)nc12. The highest BCUT2D eigenvalue weighted by molar-refractivity contribution is 6.83. The predicted octanol–water partition coefficient (Wildman–Crippen LogP) is 2.44. The Morgan fingerprint density at radius 2 is 2.14 bits per heavy atom. The summed E-state index contributed by atoms with van der Waals surface area (Å²) in [5.41, 5.74) is 5.69. The van der Waals surface area contributed by atoms with E-state index in [0.29, 0.717) is 23.5 Å². The fourth-order valence-electron chi connectivity index (χ4n) is 1.78. The van der Waals surface area contributed by atoms with Crippen LogP contribution in [0.15, 0.2) is 12.3 Å². The monoisotopic (exact) mass is 301 g/mol. The zero-order valence-electron chi connectivity index (χ0n) is 13.0. The molecule has 2 aromatic rings. The van der Waals surface area contributed by atoms with E-state index >= 15 is 0 Å². The Hall–Kier alpha value is -2.13. The molecule has 0 saturated heterocycles. The summed E-state index contributed by atoms with van der Waals surface area (Å²) in [6, 6.07) is 1.88. The maximum Gasteiger partial charge on any atom is 0.343 e. The molecule has 110 valence electrons. The molecule has 5 nitrogen and oxygen atoms in total. The molecule has 0 bridgehead atoms. The summed E-state index contributed by atoms with van der Waals surface area (Å²) in [6.45, 7) is 10.5. The minimum atomic E-state index is -1.47. The molecule has 2 heterocycles. The fraction of sp³-hybridized carbons (Fsp3) is 0.400. The first kappa shape index (κ1) is 15.3. The van der Waals surface area contributed by atoms with Gasteiger partial charge in [-0.3, -0.25) is 0 Å². The summed E-state index contributed by atoms with van der Waals surface area (Å²) in [6.07, 6.45) is 1.49.